The predicted octanol–water partition coefficient (Wildman–Crippen LogP) is 3.61. The first-order chi connectivity index (χ1) is 22.3. The third-order valence-electron chi connectivity index (χ3n) is 12.8. The van der Waals surface area contributed by atoms with Crippen molar-refractivity contribution in [3.05, 3.63) is 71.8 Å². The van der Waals surface area contributed by atoms with E-state index in [1.807, 2.05) is 70.5 Å². The summed E-state index contributed by atoms with van der Waals surface area (Å²) < 4.78 is 5.87. The van der Waals surface area contributed by atoms with Crippen LogP contribution < -0.4 is 5.32 Å². The number of piperidine rings is 3. The summed E-state index contributed by atoms with van der Waals surface area (Å²) in [6.07, 6.45) is -0.160. The molecule has 9 rings (SSSR count). The molecule has 7 aliphatic rings. The first-order valence-electron chi connectivity index (χ1n) is 17.1. The third-order valence-corrected chi connectivity index (χ3v) is 12.8. The Balaban J connectivity index is 0.000000116. The number of rotatable bonds is 5. The molecule has 4 aliphatic heterocycles. The lowest BCUT2D eigenvalue weighted by atomic mass is 10.0. The van der Waals surface area contributed by atoms with Gasteiger partial charge in [0.25, 0.3) is 0 Å². The van der Waals surface area contributed by atoms with Crippen molar-refractivity contribution in [1.82, 2.24) is 15.1 Å². The summed E-state index contributed by atoms with van der Waals surface area (Å²) in [6.45, 7) is 14.3. The van der Waals surface area contributed by atoms with Gasteiger partial charge in [-0.15, -0.1) is 0 Å². The largest absolute Gasteiger partial charge is 0.394 e. The van der Waals surface area contributed by atoms with Gasteiger partial charge in [-0.2, -0.15) is 0 Å². The Morgan fingerprint density at radius 1 is 0.745 bits per heavy atom. The Morgan fingerprint density at radius 3 is 1.87 bits per heavy atom. The number of nitrogens with zero attached hydrogens (tertiary/aromatic N) is 2. The highest BCUT2D eigenvalue weighted by atomic mass is 16.5. The van der Waals surface area contributed by atoms with Crippen molar-refractivity contribution >= 4 is 17.7 Å². The molecule has 0 spiro atoms. The fourth-order valence-electron chi connectivity index (χ4n) is 10.0. The SMILES string of the molecule is CC1(C)C2C(=O)N(Cc3ccccc3)[C@H](CO)[C@H]21.CC1(C)C2C(=O)N3C(c4ccccc4)OC[C@@H]3[C@H]21.CC1(C)C2C(=O)N[C@H](CO)[C@H]21. The smallest absolute Gasteiger partial charge is 0.229 e. The van der Waals surface area contributed by atoms with E-state index in [0.29, 0.717) is 42.9 Å². The fraction of sp³-hybridized carbons (Fsp3) is 0.605. The highest BCUT2D eigenvalue weighted by Gasteiger charge is 2.74. The molecule has 3 aliphatic carbocycles. The highest BCUT2D eigenvalue weighted by molar-refractivity contribution is 5.88. The zero-order chi connectivity index (χ0) is 33.6. The topological polar surface area (TPSA) is 119 Å². The van der Waals surface area contributed by atoms with Gasteiger partial charge in [0.1, 0.15) is 0 Å². The average Bonchev–Trinajstić information content (AvgIpc) is 3.65. The second kappa shape index (κ2) is 11.1. The molecular weight excluding hydrogens is 594 g/mol. The van der Waals surface area contributed by atoms with Crippen LogP contribution in [0.25, 0.3) is 0 Å². The van der Waals surface area contributed by atoms with Gasteiger partial charge in [-0.1, -0.05) is 102 Å². The zero-order valence-corrected chi connectivity index (χ0v) is 28.3. The molecule has 3 amide bonds. The molecule has 3 N–H and O–H groups in total. The quantitative estimate of drug-likeness (QED) is 0.458. The molecular formula is C38H49N3O6. The standard InChI is InChI=1S/C15H17NO2.C15H19NO2.C8H13NO2/c1-15(2)11-10-8-18-14(9-6-4-3-5-7-9)16(10)13(17)12(11)15;1-15(2)12-11(9-17)16(14(18)13(12)15)8-10-6-4-3-5-7-10;1-8(2)5-4(3-10)9-7(11)6(5)8/h3-7,10-12,14H,8H2,1-2H3;3-7,11-13,17H,8-9H2,1-2H3;4-6,10H,3H2,1-2H3,(H,9,11)/t10-,11-,12?,14?;11-,12-,13?;4-,5-,6?/m111/s1. The molecule has 4 unspecified atom stereocenters. The average molecular weight is 644 g/mol. The molecule has 0 radical (unpaired) electrons. The van der Waals surface area contributed by atoms with Crippen molar-refractivity contribution in [1.29, 1.82) is 0 Å². The molecule has 2 aromatic rings. The van der Waals surface area contributed by atoms with Gasteiger partial charge in [-0.3, -0.25) is 14.4 Å². The van der Waals surface area contributed by atoms with E-state index < -0.39 is 0 Å². The number of aliphatic hydroxyl groups excluding tert-OH is 2. The van der Waals surface area contributed by atoms with Crippen molar-refractivity contribution in [2.24, 2.45) is 51.8 Å². The van der Waals surface area contributed by atoms with E-state index in [1.165, 1.54) is 0 Å². The molecule has 252 valence electrons. The molecule has 7 fully saturated rings. The van der Waals surface area contributed by atoms with Gasteiger partial charge in [-0.05, 0) is 39.6 Å². The van der Waals surface area contributed by atoms with Gasteiger partial charge < -0.3 is 30.1 Å². The summed E-state index contributed by atoms with van der Waals surface area (Å²) in [5.74, 6) is 2.36. The Hall–Kier alpha value is -3.27. The van der Waals surface area contributed by atoms with E-state index in [0.717, 1.165) is 11.1 Å². The Labute approximate surface area is 277 Å². The lowest BCUT2D eigenvalue weighted by Crippen LogP contribution is -2.41. The van der Waals surface area contributed by atoms with Gasteiger partial charge in [0.15, 0.2) is 6.23 Å². The molecule has 9 heteroatoms. The number of carbonyl (C=O) groups excluding carboxylic acids is 3. The predicted molar refractivity (Wildman–Crippen MR) is 175 cm³/mol. The van der Waals surface area contributed by atoms with Crippen LogP contribution in [0.3, 0.4) is 0 Å². The maximum absolute atomic E-state index is 12.5. The van der Waals surface area contributed by atoms with Crippen LogP contribution in [0.4, 0.5) is 0 Å². The van der Waals surface area contributed by atoms with Crippen LogP contribution in [0.5, 0.6) is 0 Å². The molecule has 0 aromatic heterocycles. The molecule has 3 saturated carbocycles. The lowest BCUT2D eigenvalue weighted by Gasteiger charge is -2.29. The summed E-state index contributed by atoms with van der Waals surface area (Å²) in [5.41, 5.74) is 2.62. The van der Waals surface area contributed by atoms with Crippen LogP contribution in [-0.2, 0) is 25.7 Å². The van der Waals surface area contributed by atoms with E-state index in [1.54, 1.807) is 0 Å². The van der Waals surface area contributed by atoms with E-state index in [9.17, 15) is 19.5 Å². The molecule has 0 bridgehead atoms. The second-order valence-electron chi connectivity index (χ2n) is 16.4. The van der Waals surface area contributed by atoms with Crippen molar-refractivity contribution in [2.75, 3.05) is 19.8 Å². The van der Waals surface area contributed by atoms with Gasteiger partial charge in [0.2, 0.25) is 17.7 Å². The van der Waals surface area contributed by atoms with Crippen molar-refractivity contribution in [3.63, 3.8) is 0 Å². The van der Waals surface area contributed by atoms with Crippen LogP contribution in [0, 0.1) is 51.8 Å². The summed E-state index contributed by atoms with van der Waals surface area (Å²) in [6, 6.07) is 20.3. The normalized spacial score (nSPS) is 38.2. The minimum absolute atomic E-state index is 0.00212. The number of fused-ring (bicyclic) bond motifs is 5. The summed E-state index contributed by atoms with van der Waals surface area (Å²) in [7, 11) is 0. The van der Waals surface area contributed by atoms with Crippen molar-refractivity contribution in [3.8, 4) is 0 Å². The maximum atomic E-state index is 12.5. The Bertz CT molecular complexity index is 1520. The molecule has 4 heterocycles. The van der Waals surface area contributed by atoms with Crippen LogP contribution in [0.2, 0.25) is 0 Å². The molecule has 47 heavy (non-hydrogen) atoms. The van der Waals surface area contributed by atoms with E-state index >= 15 is 0 Å². The van der Waals surface area contributed by atoms with Gasteiger partial charge in [0.05, 0.1) is 37.9 Å². The zero-order valence-electron chi connectivity index (χ0n) is 28.3. The number of ether oxygens (including phenoxy) is 1. The summed E-state index contributed by atoms with van der Waals surface area (Å²) in [4.78, 5) is 39.8. The van der Waals surface area contributed by atoms with Gasteiger partial charge in [0, 0.05) is 29.9 Å². The van der Waals surface area contributed by atoms with Crippen molar-refractivity contribution in [2.45, 2.75) is 72.4 Å². The minimum Gasteiger partial charge on any atom is -0.394 e. The second-order valence-corrected chi connectivity index (χ2v) is 16.4. The number of hydrogen-bond acceptors (Lipinski definition) is 6. The molecule has 9 nitrogen and oxygen atoms in total. The van der Waals surface area contributed by atoms with E-state index in [2.05, 4.69) is 46.9 Å². The number of benzene rings is 2. The molecule has 10 atom stereocenters. The van der Waals surface area contributed by atoms with Crippen LogP contribution in [-0.4, -0.2) is 75.7 Å². The Morgan fingerprint density at radius 2 is 1.32 bits per heavy atom. The number of carbonyl (C=O) groups is 3. The summed E-state index contributed by atoms with van der Waals surface area (Å²) in [5, 5.41) is 21.2. The monoisotopic (exact) mass is 643 g/mol. The number of nitrogens with one attached hydrogen (secondary N) is 1. The van der Waals surface area contributed by atoms with Gasteiger partial charge >= 0.3 is 0 Å². The van der Waals surface area contributed by atoms with Gasteiger partial charge in [-0.25, -0.2) is 0 Å². The van der Waals surface area contributed by atoms with Crippen LogP contribution in [0.1, 0.15) is 58.9 Å². The number of hydrogen-bond donors (Lipinski definition) is 3. The first kappa shape index (κ1) is 32.3. The van der Waals surface area contributed by atoms with Crippen molar-refractivity contribution < 1.29 is 29.3 Å². The minimum atomic E-state index is -0.160. The third kappa shape index (κ3) is 4.94. The number of likely N-dealkylation sites (tertiary alicyclic amines) is 1. The van der Waals surface area contributed by atoms with E-state index in [4.69, 9.17) is 9.84 Å². The fourth-order valence-corrected chi connectivity index (χ4v) is 10.0. The lowest BCUT2D eigenvalue weighted by molar-refractivity contribution is -0.138. The molecule has 2 aromatic carbocycles. The van der Waals surface area contributed by atoms with Crippen LogP contribution >= 0.6 is 0 Å². The number of amides is 3. The first-order valence-corrected chi connectivity index (χ1v) is 17.1. The Kier molecular flexibility index (Phi) is 7.65. The summed E-state index contributed by atoms with van der Waals surface area (Å²) >= 11 is 0. The molecule has 4 saturated heterocycles. The number of aliphatic hydroxyl groups is 2. The maximum Gasteiger partial charge on any atom is 0.229 e. The van der Waals surface area contributed by atoms with Crippen LogP contribution in [0.15, 0.2) is 60.7 Å². The van der Waals surface area contributed by atoms with E-state index in [-0.39, 0.29) is 77.3 Å². The highest BCUT2D eigenvalue weighted by Crippen LogP contribution is 2.68.